The van der Waals surface area contributed by atoms with Crippen LogP contribution in [0.5, 0.6) is 0 Å². The molecule has 4 nitrogen and oxygen atoms in total. The third kappa shape index (κ3) is 2.80. The van der Waals surface area contributed by atoms with Crippen LogP contribution in [0.15, 0.2) is 22.6 Å². The van der Waals surface area contributed by atoms with Gasteiger partial charge in [-0.15, -0.1) is 0 Å². The number of rotatable bonds is 6. The summed E-state index contributed by atoms with van der Waals surface area (Å²) in [5.41, 5.74) is 8.24. The SMILES string of the molecule is Nc1ccc2oc(CN(CC3CC3)CC3CC3)nc2c1. The third-order valence-electron chi connectivity index (χ3n) is 4.24. The molecule has 0 radical (unpaired) electrons. The van der Waals surface area contributed by atoms with Crippen LogP contribution in [0.1, 0.15) is 31.6 Å². The van der Waals surface area contributed by atoms with Gasteiger partial charge in [-0.3, -0.25) is 4.90 Å². The summed E-state index contributed by atoms with van der Waals surface area (Å²) < 4.78 is 5.85. The summed E-state index contributed by atoms with van der Waals surface area (Å²) in [6, 6.07) is 5.66. The van der Waals surface area contributed by atoms with E-state index >= 15 is 0 Å². The molecule has 0 unspecified atom stereocenters. The van der Waals surface area contributed by atoms with Crippen molar-refractivity contribution >= 4 is 16.8 Å². The molecule has 1 heterocycles. The van der Waals surface area contributed by atoms with Crippen molar-refractivity contribution in [3.8, 4) is 0 Å². The maximum Gasteiger partial charge on any atom is 0.209 e. The number of aromatic nitrogens is 1. The van der Waals surface area contributed by atoms with Gasteiger partial charge in [-0.05, 0) is 55.7 Å². The fraction of sp³-hybridized carbons (Fsp3) is 0.562. The quantitative estimate of drug-likeness (QED) is 0.820. The molecule has 1 aromatic carbocycles. The number of hydrogen-bond donors (Lipinski definition) is 1. The van der Waals surface area contributed by atoms with Crippen molar-refractivity contribution in [1.29, 1.82) is 0 Å². The van der Waals surface area contributed by atoms with Crippen molar-refractivity contribution in [2.75, 3.05) is 18.8 Å². The van der Waals surface area contributed by atoms with Crippen LogP contribution in [-0.4, -0.2) is 23.0 Å². The second kappa shape index (κ2) is 4.77. The molecule has 4 rings (SSSR count). The van der Waals surface area contributed by atoms with E-state index in [1.807, 2.05) is 18.2 Å². The molecule has 2 aliphatic carbocycles. The Morgan fingerprint density at radius 2 is 1.85 bits per heavy atom. The number of hydrogen-bond acceptors (Lipinski definition) is 4. The van der Waals surface area contributed by atoms with E-state index in [2.05, 4.69) is 9.88 Å². The van der Waals surface area contributed by atoms with Gasteiger partial charge in [-0.1, -0.05) is 0 Å². The molecule has 2 N–H and O–H groups in total. The lowest BCUT2D eigenvalue weighted by molar-refractivity contribution is 0.223. The van der Waals surface area contributed by atoms with E-state index < -0.39 is 0 Å². The summed E-state index contributed by atoms with van der Waals surface area (Å²) in [6.07, 6.45) is 5.58. The molecule has 0 bridgehead atoms. The Morgan fingerprint density at radius 1 is 1.15 bits per heavy atom. The highest BCUT2D eigenvalue weighted by atomic mass is 16.3. The van der Waals surface area contributed by atoms with Gasteiger partial charge in [0.2, 0.25) is 5.89 Å². The topological polar surface area (TPSA) is 55.3 Å². The lowest BCUT2D eigenvalue weighted by Gasteiger charge is -2.20. The normalized spacial score (nSPS) is 19.1. The van der Waals surface area contributed by atoms with E-state index in [0.29, 0.717) is 0 Å². The zero-order chi connectivity index (χ0) is 13.5. The molecule has 4 heteroatoms. The van der Waals surface area contributed by atoms with Crippen LogP contribution in [0.4, 0.5) is 5.69 Å². The summed E-state index contributed by atoms with van der Waals surface area (Å²) in [5, 5.41) is 0. The second-order valence-corrected chi connectivity index (χ2v) is 6.42. The largest absolute Gasteiger partial charge is 0.439 e. The Balaban J connectivity index is 1.50. The van der Waals surface area contributed by atoms with Crippen LogP contribution < -0.4 is 5.73 Å². The Morgan fingerprint density at radius 3 is 2.50 bits per heavy atom. The molecule has 20 heavy (non-hydrogen) atoms. The van der Waals surface area contributed by atoms with E-state index in [9.17, 15) is 0 Å². The van der Waals surface area contributed by atoms with Gasteiger partial charge in [0, 0.05) is 18.8 Å². The van der Waals surface area contributed by atoms with E-state index in [-0.39, 0.29) is 0 Å². The first kappa shape index (κ1) is 12.2. The highest BCUT2D eigenvalue weighted by Crippen LogP contribution is 2.34. The number of nitrogen functional groups attached to an aromatic ring is 1. The summed E-state index contributed by atoms with van der Waals surface area (Å²) >= 11 is 0. The monoisotopic (exact) mass is 271 g/mol. The maximum atomic E-state index is 5.85. The molecular weight excluding hydrogens is 250 g/mol. The minimum Gasteiger partial charge on any atom is -0.439 e. The predicted molar refractivity (Wildman–Crippen MR) is 79.1 cm³/mol. The zero-order valence-electron chi connectivity index (χ0n) is 11.7. The molecule has 0 spiro atoms. The number of nitrogens with two attached hydrogens (primary N) is 1. The van der Waals surface area contributed by atoms with Crippen LogP contribution in [0.2, 0.25) is 0 Å². The number of fused-ring (bicyclic) bond motifs is 1. The number of anilines is 1. The third-order valence-corrected chi connectivity index (χ3v) is 4.24. The predicted octanol–water partition coefficient (Wildman–Crippen LogP) is 3.03. The average Bonchev–Trinajstić information content (AvgIpc) is 3.31. The van der Waals surface area contributed by atoms with E-state index in [4.69, 9.17) is 10.2 Å². The van der Waals surface area contributed by atoms with E-state index in [1.165, 1.54) is 38.8 Å². The molecule has 2 aromatic rings. The molecular formula is C16H21N3O. The van der Waals surface area contributed by atoms with Gasteiger partial charge in [0.05, 0.1) is 6.54 Å². The first-order valence-corrected chi connectivity index (χ1v) is 7.63. The van der Waals surface area contributed by atoms with Gasteiger partial charge in [-0.25, -0.2) is 4.98 Å². The molecule has 2 saturated carbocycles. The average molecular weight is 271 g/mol. The molecule has 2 fully saturated rings. The molecule has 0 aliphatic heterocycles. The van der Waals surface area contributed by atoms with E-state index in [1.54, 1.807) is 0 Å². The molecule has 0 atom stereocenters. The number of nitrogens with zero attached hydrogens (tertiary/aromatic N) is 2. The smallest absolute Gasteiger partial charge is 0.209 e. The number of oxazole rings is 1. The van der Waals surface area contributed by atoms with Gasteiger partial charge < -0.3 is 10.2 Å². The summed E-state index contributed by atoms with van der Waals surface area (Å²) in [5.74, 6) is 2.65. The lowest BCUT2D eigenvalue weighted by Crippen LogP contribution is -2.28. The molecule has 2 aliphatic rings. The van der Waals surface area contributed by atoms with Crippen LogP contribution in [0.3, 0.4) is 0 Å². The molecule has 0 saturated heterocycles. The molecule has 1 aromatic heterocycles. The van der Waals surface area contributed by atoms with Crippen molar-refractivity contribution in [1.82, 2.24) is 9.88 Å². The van der Waals surface area contributed by atoms with Crippen LogP contribution in [0.25, 0.3) is 11.1 Å². The summed E-state index contributed by atoms with van der Waals surface area (Å²) in [6.45, 7) is 3.25. The first-order chi connectivity index (χ1) is 9.76. The standard InChI is InChI=1S/C16H21N3O/c17-13-5-6-15-14(7-13)18-16(20-15)10-19(8-11-1-2-11)9-12-3-4-12/h5-7,11-12H,1-4,8-10,17H2. The van der Waals surface area contributed by atoms with Gasteiger partial charge in [0.15, 0.2) is 5.58 Å². The fourth-order valence-corrected chi connectivity index (χ4v) is 2.79. The first-order valence-electron chi connectivity index (χ1n) is 7.63. The Hall–Kier alpha value is -1.55. The lowest BCUT2D eigenvalue weighted by atomic mass is 10.3. The van der Waals surface area contributed by atoms with E-state index in [0.717, 1.165) is 41.1 Å². The van der Waals surface area contributed by atoms with Crippen molar-refractivity contribution < 1.29 is 4.42 Å². The van der Waals surface area contributed by atoms with Gasteiger partial charge in [-0.2, -0.15) is 0 Å². The van der Waals surface area contributed by atoms with Crippen molar-refractivity contribution in [2.24, 2.45) is 11.8 Å². The van der Waals surface area contributed by atoms with Crippen molar-refractivity contribution in [2.45, 2.75) is 32.2 Å². The summed E-state index contributed by atoms with van der Waals surface area (Å²) in [7, 11) is 0. The van der Waals surface area contributed by atoms with Crippen molar-refractivity contribution in [3.63, 3.8) is 0 Å². The zero-order valence-corrected chi connectivity index (χ0v) is 11.7. The summed E-state index contributed by atoms with van der Waals surface area (Å²) in [4.78, 5) is 7.11. The minimum atomic E-state index is 0.741. The Bertz CT molecular complexity index is 599. The molecule has 106 valence electrons. The number of benzene rings is 1. The van der Waals surface area contributed by atoms with Gasteiger partial charge in [0.25, 0.3) is 0 Å². The minimum absolute atomic E-state index is 0.741. The van der Waals surface area contributed by atoms with Gasteiger partial charge >= 0.3 is 0 Å². The fourth-order valence-electron chi connectivity index (χ4n) is 2.79. The van der Waals surface area contributed by atoms with Crippen LogP contribution in [0, 0.1) is 11.8 Å². The van der Waals surface area contributed by atoms with Gasteiger partial charge in [0.1, 0.15) is 5.52 Å². The Kier molecular flexibility index (Phi) is 2.91. The highest BCUT2D eigenvalue weighted by Gasteiger charge is 2.29. The second-order valence-electron chi connectivity index (χ2n) is 6.42. The van der Waals surface area contributed by atoms with Crippen molar-refractivity contribution in [3.05, 3.63) is 24.1 Å². The Labute approximate surface area is 118 Å². The molecule has 0 amide bonds. The maximum absolute atomic E-state index is 5.85. The van der Waals surface area contributed by atoms with Crippen LogP contribution in [-0.2, 0) is 6.54 Å². The highest BCUT2D eigenvalue weighted by molar-refractivity contribution is 5.76. The van der Waals surface area contributed by atoms with Crippen LogP contribution >= 0.6 is 0 Å².